The molecule has 0 unspecified atom stereocenters. The molecule has 0 atom stereocenters. The molecular weight excluding hydrogens is 212 g/mol. The summed E-state index contributed by atoms with van der Waals surface area (Å²) in [6.07, 6.45) is 0. The Labute approximate surface area is 92.1 Å². The summed E-state index contributed by atoms with van der Waals surface area (Å²) >= 11 is 0. The molecule has 0 fully saturated rings. The van der Waals surface area contributed by atoms with Crippen LogP contribution in [-0.2, 0) is 9.53 Å². The highest BCUT2D eigenvalue weighted by Crippen LogP contribution is 2.22. The number of rotatable bonds is 4. The van der Waals surface area contributed by atoms with Crippen LogP contribution in [0.1, 0.15) is 10.4 Å². The first-order valence-corrected chi connectivity index (χ1v) is 4.43. The van der Waals surface area contributed by atoms with Gasteiger partial charge in [0.2, 0.25) is 0 Å². The van der Waals surface area contributed by atoms with Crippen LogP contribution in [-0.4, -0.2) is 25.6 Å². The van der Waals surface area contributed by atoms with Crippen molar-refractivity contribution in [3.8, 4) is 5.75 Å². The van der Waals surface area contributed by atoms with Gasteiger partial charge in [-0.2, -0.15) is 0 Å². The highest BCUT2D eigenvalue weighted by atomic mass is 16.5. The third kappa shape index (κ3) is 2.88. The number of nitrogen functional groups attached to an aromatic ring is 1. The molecule has 1 aromatic rings. The summed E-state index contributed by atoms with van der Waals surface area (Å²) in [5.41, 5.74) is 11.1. The van der Waals surface area contributed by atoms with Gasteiger partial charge in [-0.05, 0) is 18.2 Å². The number of benzene rings is 1. The minimum atomic E-state index is -0.622. The van der Waals surface area contributed by atoms with E-state index in [1.807, 2.05) is 0 Å². The number of carbonyl (C=O) groups excluding carboxylic acids is 2. The van der Waals surface area contributed by atoms with Crippen molar-refractivity contribution >= 4 is 17.6 Å². The molecule has 1 aromatic carbocycles. The summed E-state index contributed by atoms with van der Waals surface area (Å²) in [7, 11) is 1.27. The Morgan fingerprint density at radius 3 is 2.62 bits per heavy atom. The molecule has 0 aliphatic carbocycles. The SMILES string of the molecule is COC(=O)c1ccc(N)c(OCC(N)=O)c1. The van der Waals surface area contributed by atoms with Crippen molar-refractivity contribution in [2.75, 3.05) is 19.5 Å². The van der Waals surface area contributed by atoms with Gasteiger partial charge in [-0.3, -0.25) is 4.79 Å². The first-order chi connectivity index (χ1) is 7.54. The van der Waals surface area contributed by atoms with Crippen LogP contribution >= 0.6 is 0 Å². The molecule has 4 N–H and O–H groups in total. The highest BCUT2D eigenvalue weighted by molar-refractivity contribution is 5.90. The Hall–Kier alpha value is -2.24. The number of anilines is 1. The molecule has 0 saturated heterocycles. The lowest BCUT2D eigenvalue weighted by Crippen LogP contribution is -2.20. The fourth-order valence-electron chi connectivity index (χ4n) is 1.05. The van der Waals surface area contributed by atoms with E-state index in [2.05, 4.69) is 4.74 Å². The molecule has 1 amide bonds. The topological polar surface area (TPSA) is 105 Å². The summed E-state index contributed by atoms with van der Waals surface area (Å²) in [4.78, 5) is 21.7. The normalized spacial score (nSPS) is 9.56. The number of amides is 1. The Balaban J connectivity index is 2.90. The van der Waals surface area contributed by atoms with Crippen LogP contribution < -0.4 is 16.2 Å². The van der Waals surface area contributed by atoms with Crippen LogP contribution in [0.4, 0.5) is 5.69 Å². The van der Waals surface area contributed by atoms with Crippen molar-refractivity contribution in [1.29, 1.82) is 0 Å². The van der Waals surface area contributed by atoms with E-state index in [9.17, 15) is 9.59 Å². The van der Waals surface area contributed by atoms with Crippen LogP contribution in [0.25, 0.3) is 0 Å². The molecule has 6 nitrogen and oxygen atoms in total. The molecule has 0 spiro atoms. The summed E-state index contributed by atoms with van der Waals surface area (Å²) in [6.45, 7) is -0.297. The monoisotopic (exact) mass is 224 g/mol. The zero-order chi connectivity index (χ0) is 12.1. The second-order valence-corrected chi connectivity index (χ2v) is 3.00. The van der Waals surface area contributed by atoms with E-state index >= 15 is 0 Å². The van der Waals surface area contributed by atoms with Crippen LogP contribution in [0, 0.1) is 0 Å². The smallest absolute Gasteiger partial charge is 0.337 e. The minimum absolute atomic E-state index is 0.224. The van der Waals surface area contributed by atoms with E-state index in [0.717, 1.165) is 0 Å². The molecule has 6 heteroatoms. The van der Waals surface area contributed by atoms with Gasteiger partial charge < -0.3 is 20.9 Å². The Morgan fingerprint density at radius 2 is 2.06 bits per heavy atom. The maximum atomic E-state index is 11.2. The lowest BCUT2D eigenvalue weighted by atomic mass is 10.2. The van der Waals surface area contributed by atoms with Gasteiger partial charge in [0.15, 0.2) is 6.61 Å². The first-order valence-electron chi connectivity index (χ1n) is 4.43. The molecule has 86 valence electrons. The third-order valence-electron chi connectivity index (χ3n) is 1.80. The van der Waals surface area contributed by atoms with E-state index in [4.69, 9.17) is 16.2 Å². The summed E-state index contributed by atoms with van der Waals surface area (Å²) < 4.78 is 9.56. The average Bonchev–Trinajstić information content (AvgIpc) is 2.26. The van der Waals surface area contributed by atoms with E-state index in [-0.39, 0.29) is 17.9 Å². The predicted molar refractivity (Wildman–Crippen MR) is 56.9 cm³/mol. The maximum absolute atomic E-state index is 11.2. The number of hydrogen-bond acceptors (Lipinski definition) is 5. The first kappa shape index (κ1) is 11.8. The van der Waals surface area contributed by atoms with Crippen molar-refractivity contribution in [1.82, 2.24) is 0 Å². The number of hydrogen-bond donors (Lipinski definition) is 2. The molecule has 0 aliphatic rings. The number of primary amides is 1. The van der Waals surface area contributed by atoms with Crippen LogP contribution in [0.2, 0.25) is 0 Å². The quantitative estimate of drug-likeness (QED) is 0.549. The fourth-order valence-corrected chi connectivity index (χ4v) is 1.05. The molecule has 0 bridgehead atoms. The molecule has 0 aromatic heterocycles. The van der Waals surface area contributed by atoms with Crippen molar-refractivity contribution < 1.29 is 19.1 Å². The summed E-state index contributed by atoms with van der Waals surface area (Å²) in [5, 5.41) is 0. The Kier molecular flexibility index (Phi) is 3.71. The van der Waals surface area contributed by atoms with Gasteiger partial charge in [-0.25, -0.2) is 4.79 Å². The zero-order valence-electron chi connectivity index (χ0n) is 8.73. The number of ether oxygens (including phenoxy) is 2. The molecule has 0 heterocycles. The third-order valence-corrected chi connectivity index (χ3v) is 1.80. The summed E-state index contributed by atoms with van der Waals surface area (Å²) in [6, 6.07) is 4.38. The van der Waals surface area contributed by atoms with Gasteiger partial charge in [-0.15, -0.1) is 0 Å². The zero-order valence-corrected chi connectivity index (χ0v) is 8.73. The Bertz CT molecular complexity index is 417. The van der Waals surface area contributed by atoms with Gasteiger partial charge in [0.25, 0.3) is 5.91 Å². The second-order valence-electron chi connectivity index (χ2n) is 3.00. The van der Waals surface area contributed by atoms with Crippen molar-refractivity contribution in [3.05, 3.63) is 23.8 Å². The van der Waals surface area contributed by atoms with Crippen molar-refractivity contribution in [2.45, 2.75) is 0 Å². The van der Waals surface area contributed by atoms with E-state index in [0.29, 0.717) is 5.69 Å². The lowest BCUT2D eigenvalue weighted by molar-refractivity contribution is -0.119. The van der Waals surface area contributed by atoms with E-state index < -0.39 is 11.9 Å². The van der Waals surface area contributed by atoms with E-state index in [1.165, 1.54) is 25.3 Å². The van der Waals surface area contributed by atoms with Gasteiger partial charge in [0.05, 0.1) is 18.4 Å². The molecule has 16 heavy (non-hydrogen) atoms. The van der Waals surface area contributed by atoms with Gasteiger partial charge in [-0.1, -0.05) is 0 Å². The Morgan fingerprint density at radius 1 is 1.38 bits per heavy atom. The van der Waals surface area contributed by atoms with Crippen LogP contribution in [0.3, 0.4) is 0 Å². The van der Waals surface area contributed by atoms with Gasteiger partial charge >= 0.3 is 5.97 Å². The van der Waals surface area contributed by atoms with Crippen molar-refractivity contribution in [3.63, 3.8) is 0 Å². The molecular formula is C10H12N2O4. The van der Waals surface area contributed by atoms with E-state index in [1.54, 1.807) is 0 Å². The van der Waals surface area contributed by atoms with Crippen molar-refractivity contribution in [2.24, 2.45) is 5.73 Å². The number of carbonyl (C=O) groups is 2. The average molecular weight is 224 g/mol. The minimum Gasteiger partial charge on any atom is -0.482 e. The van der Waals surface area contributed by atoms with Gasteiger partial charge in [0, 0.05) is 0 Å². The fraction of sp³-hybridized carbons (Fsp3) is 0.200. The van der Waals surface area contributed by atoms with Crippen LogP contribution in [0.15, 0.2) is 18.2 Å². The standard InChI is InChI=1S/C10H12N2O4/c1-15-10(14)6-2-3-7(11)8(4-6)16-5-9(12)13/h2-4H,5,11H2,1H3,(H2,12,13). The van der Waals surface area contributed by atoms with Gasteiger partial charge in [0.1, 0.15) is 5.75 Å². The molecule has 1 rings (SSSR count). The number of esters is 1. The molecule has 0 saturated carbocycles. The number of nitrogens with two attached hydrogens (primary N) is 2. The molecule has 0 radical (unpaired) electrons. The maximum Gasteiger partial charge on any atom is 0.337 e. The lowest BCUT2D eigenvalue weighted by Gasteiger charge is -2.08. The predicted octanol–water partition coefficient (Wildman–Crippen LogP) is -0.0805. The summed E-state index contributed by atoms with van der Waals surface area (Å²) in [5.74, 6) is -0.909. The molecule has 0 aliphatic heterocycles. The second kappa shape index (κ2) is 5.01. The number of methoxy groups -OCH3 is 1. The van der Waals surface area contributed by atoms with Crippen LogP contribution in [0.5, 0.6) is 5.75 Å². The largest absolute Gasteiger partial charge is 0.482 e. The highest BCUT2D eigenvalue weighted by Gasteiger charge is 2.09.